The number of esters is 1. The van der Waals surface area contributed by atoms with Crippen LogP contribution in [0.3, 0.4) is 0 Å². The lowest BCUT2D eigenvalue weighted by atomic mass is 10.3. The molecule has 0 bridgehead atoms. The maximum Gasteiger partial charge on any atom is 0.305 e. The molecule has 0 saturated carbocycles. The molecule has 0 amide bonds. The lowest BCUT2D eigenvalue weighted by Gasteiger charge is -2.10. The fourth-order valence-corrected chi connectivity index (χ4v) is 0.809. The Morgan fingerprint density at radius 1 is 1.42 bits per heavy atom. The van der Waals surface area contributed by atoms with Crippen LogP contribution in [0, 0.1) is 0 Å². The van der Waals surface area contributed by atoms with Crippen molar-refractivity contribution < 1.29 is 14.3 Å². The van der Waals surface area contributed by atoms with Gasteiger partial charge in [-0.25, -0.2) is 0 Å². The molecule has 0 aromatic rings. The number of carbonyl (C=O) groups is 1. The van der Waals surface area contributed by atoms with E-state index in [1.54, 1.807) is 6.92 Å². The number of rotatable bonds is 6. The van der Waals surface area contributed by atoms with Crippen LogP contribution in [0.1, 0.15) is 33.6 Å². The minimum Gasteiger partial charge on any atom is -0.466 e. The molecule has 0 N–H and O–H groups in total. The predicted octanol–water partition coefficient (Wildman–Crippen LogP) is 1.75. The van der Waals surface area contributed by atoms with Gasteiger partial charge in [0.1, 0.15) is 0 Å². The first kappa shape index (κ1) is 11.4. The molecular formula is C9H18O3. The van der Waals surface area contributed by atoms with E-state index >= 15 is 0 Å². The van der Waals surface area contributed by atoms with E-state index in [2.05, 4.69) is 0 Å². The first-order valence-corrected chi connectivity index (χ1v) is 4.47. The number of hydrogen-bond donors (Lipinski definition) is 0. The molecule has 0 rings (SSSR count). The van der Waals surface area contributed by atoms with Gasteiger partial charge in [0.15, 0.2) is 0 Å². The van der Waals surface area contributed by atoms with Gasteiger partial charge >= 0.3 is 5.97 Å². The predicted molar refractivity (Wildman–Crippen MR) is 47.0 cm³/mol. The molecule has 0 heterocycles. The van der Waals surface area contributed by atoms with Crippen molar-refractivity contribution in [2.24, 2.45) is 0 Å². The molecule has 0 aliphatic heterocycles. The summed E-state index contributed by atoms with van der Waals surface area (Å²) < 4.78 is 10.2. The molecule has 12 heavy (non-hydrogen) atoms. The summed E-state index contributed by atoms with van der Waals surface area (Å²) in [5.41, 5.74) is 0. The Labute approximate surface area is 74.0 Å². The molecule has 3 nitrogen and oxygen atoms in total. The van der Waals surface area contributed by atoms with Crippen molar-refractivity contribution in [3.63, 3.8) is 0 Å². The minimum absolute atomic E-state index is 0.140. The van der Waals surface area contributed by atoms with Crippen molar-refractivity contribution in [2.45, 2.75) is 39.7 Å². The van der Waals surface area contributed by atoms with Crippen LogP contribution in [0.25, 0.3) is 0 Å². The smallest absolute Gasteiger partial charge is 0.305 e. The molecular weight excluding hydrogens is 156 g/mol. The Morgan fingerprint density at radius 3 is 2.58 bits per heavy atom. The highest BCUT2D eigenvalue weighted by Crippen LogP contribution is 1.97. The van der Waals surface area contributed by atoms with Gasteiger partial charge in [-0.3, -0.25) is 4.79 Å². The van der Waals surface area contributed by atoms with Crippen LogP contribution in [-0.2, 0) is 14.3 Å². The highest BCUT2D eigenvalue weighted by atomic mass is 16.5. The van der Waals surface area contributed by atoms with E-state index in [0.717, 1.165) is 6.42 Å². The Bertz CT molecular complexity index is 123. The summed E-state index contributed by atoms with van der Waals surface area (Å²) in [6.07, 6.45) is 1.41. The fraction of sp³-hybridized carbons (Fsp3) is 0.889. The van der Waals surface area contributed by atoms with Gasteiger partial charge in [0, 0.05) is 19.4 Å². The molecule has 0 radical (unpaired) electrons. The van der Waals surface area contributed by atoms with Gasteiger partial charge in [-0.1, -0.05) is 6.92 Å². The molecule has 0 aromatic carbocycles. The van der Waals surface area contributed by atoms with Crippen LogP contribution >= 0.6 is 0 Å². The Morgan fingerprint density at radius 2 is 2.08 bits per heavy atom. The molecule has 0 aromatic heterocycles. The molecule has 0 saturated heterocycles. The average Bonchev–Trinajstić information content (AvgIpc) is 2.04. The highest BCUT2D eigenvalue weighted by Gasteiger charge is 2.02. The Kier molecular flexibility index (Phi) is 6.76. The number of ether oxygens (including phenoxy) is 2. The van der Waals surface area contributed by atoms with Crippen LogP contribution in [-0.4, -0.2) is 25.3 Å². The van der Waals surface area contributed by atoms with Crippen molar-refractivity contribution in [3.05, 3.63) is 0 Å². The lowest BCUT2D eigenvalue weighted by molar-refractivity contribution is -0.144. The summed E-state index contributed by atoms with van der Waals surface area (Å²) in [4.78, 5) is 10.7. The lowest BCUT2D eigenvalue weighted by Crippen LogP contribution is -2.13. The standard InChI is InChI=1S/C9H18O3/c1-4-9(10)12-7-6-8(3)11-5-2/h8H,4-7H2,1-3H3. The maximum atomic E-state index is 10.7. The topological polar surface area (TPSA) is 35.5 Å². The summed E-state index contributed by atoms with van der Waals surface area (Å²) in [5, 5.41) is 0. The largest absolute Gasteiger partial charge is 0.466 e. The van der Waals surface area contributed by atoms with E-state index < -0.39 is 0 Å². The van der Waals surface area contributed by atoms with Crippen LogP contribution in [0.2, 0.25) is 0 Å². The molecule has 3 heteroatoms. The number of hydrogen-bond acceptors (Lipinski definition) is 3. The molecule has 72 valence electrons. The van der Waals surface area contributed by atoms with Crippen LogP contribution < -0.4 is 0 Å². The minimum atomic E-state index is -0.140. The normalized spacial score (nSPS) is 12.6. The molecule has 1 atom stereocenters. The van der Waals surface area contributed by atoms with Crippen molar-refractivity contribution in [2.75, 3.05) is 13.2 Å². The van der Waals surface area contributed by atoms with Gasteiger partial charge in [-0.2, -0.15) is 0 Å². The summed E-state index contributed by atoms with van der Waals surface area (Å²) in [6, 6.07) is 0. The van der Waals surface area contributed by atoms with Crippen LogP contribution in [0.5, 0.6) is 0 Å². The zero-order valence-corrected chi connectivity index (χ0v) is 8.13. The average molecular weight is 174 g/mol. The van der Waals surface area contributed by atoms with Crippen molar-refractivity contribution in [3.8, 4) is 0 Å². The van der Waals surface area contributed by atoms with Crippen LogP contribution in [0.4, 0.5) is 0 Å². The third-order valence-electron chi connectivity index (χ3n) is 1.53. The summed E-state index contributed by atoms with van der Waals surface area (Å²) >= 11 is 0. The van der Waals surface area contributed by atoms with Gasteiger partial charge in [-0.05, 0) is 13.8 Å². The third-order valence-corrected chi connectivity index (χ3v) is 1.53. The molecule has 1 unspecified atom stereocenters. The SMILES string of the molecule is CCOC(C)CCOC(=O)CC. The van der Waals surface area contributed by atoms with E-state index in [9.17, 15) is 4.79 Å². The second-order valence-corrected chi connectivity index (χ2v) is 2.63. The summed E-state index contributed by atoms with van der Waals surface area (Å²) in [6.45, 7) is 6.89. The second kappa shape index (κ2) is 7.10. The molecule has 0 spiro atoms. The van der Waals surface area contributed by atoms with Gasteiger partial charge in [0.05, 0.1) is 12.7 Å². The highest BCUT2D eigenvalue weighted by molar-refractivity contribution is 5.68. The van der Waals surface area contributed by atoms with Gasteiger partial charge < -0.3 is 9.47 Å². The van der Waals surface area contributed by atoms with E-state index in [-0.39, 0.29) is 12.1 Å². The van der Waals surface area contributed by atoms with Gasteiger partial charge in [0.2, 0.25) is 0 Å². The zero-order chi connectivity index (χ0) is 9.40. The van der Waals surface area contributed by atoms with Gasteiger partial charge in [0.25, 0.3) is 0 Å². The van der Waals surface area contributed by atoms with E-state index in [1.807, 2.05) is 13.8 Å². The quantitative estimate of drug-likeness (QED) is 0.575. The van der Waals surface area contributed by atoms with E-state index in [0.29, 0.717) is 19.6 Å². The summed E-state index contributed by atoms with van der Waals surface area (Å²) in [7, 11) is 0. The molecule has 0 aliphatic carbocycles. The first-order valence-electron chi connectivity index (χ1n) is 4.47. The van der Waals surface area contributed by atoms with Crippen molar-refractivity contribution in [1.82, 2.24) is 0 Å². The number of carbonyl (C=O) groups excluding carboxylic acids is 1. The fourth-order valence-electron chi connectivity index (χ4n) is 0.809. The zero-order valence-electron chi connectivity index (χ0n) is 8.13. The van der Waals surface area contributed by atoms with Crippen LogP contribution in [0.15, 0.2) is 0 Å². The monoisotopic (exact) mass is 174 g/mol. The molecule has 0 aliphatic rings. The maximum absolute atomic E-state index is 10.7. The van der Waals surface area contributed by atoms with E-state index in [4.69, 9.17) is 9.47 Å². The third kappa shape index (κ3) is 6.16. The van der Waals surface area contributed by atoms with E-state index in [1.165, 1.54) is 0 Å². The molecule has 0 fully saturated rings. The Hall–Kier alpha value is -0.570. The Balaban J connectivity index is 3.24. The van der Waals surface area contributed by atoms with Crippen molar-refractivity contribution >= 4 is 5.97 Å². The van der Waals surface area contributed by atoms with Crippen molar-refractivity contribution in [1.29, 1.82) is 0 Å². The summed E-state index contributed by atoms with van der Waals surface area (Å²) in [5.74, 6) is -0.140. The first-order chi connectivity index (χ1) is 5.70. The van der Waals surface area contributed by atoms with Gasteiger partial charge in [-0.15, -0.1) is 0 Å². The second-order valence-electron chi connectivity index (χ2n) is 2.63.